The maximum absolute atomic E-state index is 13.6. The summed E-state index contributed by atoms with van der Waals surface area (Å²) in [5.41, 5.74) is 0.0209. The fourth-order valence-electron chi connectivity index (χ4n) is 1.67. The van der Waals surface area contributed by atoms with Crippen molar-refractivity contribution in [1.82, 2.24) is 25.5 Å². The van der Waals surface area contributed by atoms with E-state index in [9.17, 15) is 8.78 Å². The molecule has 1 fully saturated rings. The van der Waals surface area contributed by atoms with Gasteiger partial charge >= 0.3 is 0 Å². The molecule has 5 nitrogen and oxygen atoms in total. The molecule has 1 aliphatic rings. The molecule has 7 heteroatoms. The monoisotopic (exact) mass is 251 g/mol. The quantitative estimate of drug-likeness (QED) is 0.887. The number of tetrazole rings is 1. The lowest BCUT2D eigenvalue weighted by Gasteiger charge is -2.06. The summed E-state index contributed by atoms with van der Waals surface area (Å²) in [5.74, 6) is -0.620. The van der Waals surface area contributed by atoms with Gasteiger partial charge < -0.3 is 5.32 Å². The van der Waals surface area contributed by atoms with Crippen LogP contribution in [-0.4, -0.2) is 26.2 Å². The topological polar surface area (TPSA) is 55.6 Å². The highest BCUT2D eigenvalue weighted by Crippen LogP contribution is 2.20. The molecule has 0 radical (unpaired) electrons. The SMILES string of the molecule is Fc1ccc(F)c(-n2nnnc2CNC2CC2)c1. The molecule has 3 rings (SSSR count). The number of rotatable bonds is 4. The van der Waals surface area contributed by atoms with E-state index in [0.29, 0.717) is 18.4 Å². The van der Waals surface area contributed by atoms with Crippen molar-refractivity contribution in [2.45, 2.75) is 25.4 Å². The molecule has 1 aromatic carbocycles. The number of hydrogen-bond donors (Lipinski definition) is 1. The summed E-state index contributed by atoms with van der Waals surface area (Å²) >= 11 is 0. The Kier molecular flexibility index (Phi) is 2.75. The van der Waals surface area contributed by atoms with Gasteiger partial charge in [0.15, 0.2) is 5.82 Å². The summed E-state index contributed by atoms with van der Waals surface area (Å²) < 4.78 is 28.0. The highest BCUT2D eigenvalue weighted by atomic mass is 19.1. The number of halogens is 2. The van der Waals surface area contributed by atoms with E-state index in [-0.39, 0.29) is 5.69 Å². The second-order valence-electron chi connectivity index (χ2n) is 4.26. The van der Waals surface area contributed by atoms with Crippen molar-refractivity contribution < 1.29 is 8.78 Å². The Bertz CT molecular complexity index is 564. The maximum atomic E-state index is 13.6. The van der Waals surface area contributed by atoms with Crippen LogP contribution in [0, 0.1) is 11.6 Å². The summed E-state index contributed by atoms with van der Waals surface area (Å²) in [7, 11) is 0. The lowest BCUT2D eigenvalue weighted by atomic mass is 10.3. The summed E-state index contributed by atoms with van der Waals surface area (Å²) in [6, 6.07) is 3.69. The van der Waals surface area contributed by atoms with E-state index in [1.165, 1.54) is 4.68 Å². The van der Waals surface area contributed by atoms with Gasteiger partial charge in [-0.25, -0.2) is 8.78 Å². The molecule has 1 aliphatic carbocycles. The third-order valence-corrected chi connectivity index (χ3v) is 2.80. The highest BCUT2D eigenvalue weighted by molar-refractivity contribution is 5.33. The van der Waals surface area contributed by atoms with Crippen LogP contribution in [0.4, 0.5) is 8.78 Å². The molecule has 1 N–H and O–H groups in total. The maximum Gasteiger partial charge on any atom is 0.170 e. The van der Waals surface area contributed by atoms with Crippen molar-refractivity contribution in [3.63, 3.8) is 0 Å². The Morgan fingerprint density at radius 3 is 2.94 bits per heavy atom. The zero-order valence-corrected chi connectivity index (χ0v) is 9.48. The van der Waals surface area contributed by atoms with Gasteiger partial charge in [0.2, 0.25) is 0 Å². The Morgan fingerprint density at radius 1 is 1.33 bits per heavy atom. The molecule has 1 aromatic heterocycles. The molecule has 0 saturated heterocycles. The standard InChI is InChI=1S/C11H11F2N5/c12-7-1-4-9(13)10(5-7)18-11(15-16-17-18)6-14-8-2-3-8/h1,4-5,8,14H,2-3,6H2. The van der Waals surface area contributed by atoms with Crippen LogP contribution in [0.25, 0.3) is 5.69 Å². The van der Waals surface area contributed by atoms with E-state index in [2.05, 4.69) is 20.8 Å². The van der Waals surface area contributed by atoms with Crippen molar-refractivity contribution in [2.24, 2.45) is 0 Å². The van der Waals surface area contributed by atoms with Crippen LogP contribution in [0.3, 0.4) is 0 Å². The molecular formula is C11H11F2N5. The van der Waals surface area contributed by atoms with Gasteiger partial charge in [0.05, 0.1) is 6.54 Å². The highest BCUT2D eigenvalue weighted by Gasteiger charge is 2.22. The van der Waals surface area contributed by atoms with Crippen molar-refractivity contribution in [3.8, 4) is 5.69 Å². The summed E-state index contributed by atoms with van der Waals surface area (Å²) in [6.45, 7) is 0.438. The molecule has 1 saturated carbocycles. The minimum absolute atomic E-state index is 0.0209. The lowest BCUT2D eigenvalue weighted by Crippen LogP contribution is -2.19. The first kappa shape index (κ1) is 11.2. The van der Waals surface area contributed by atoms with Gasteiger partial charge in [-0.2, -0.15) is 4.68 Å². The van der Waals surface area contributed by atoms with Gasteiger partial charge in [0, 0.05) is 12.1 Å². The van der Waals surface area contributed by atoms with E-state index in [1.807, 2.05) is 0 Å². The molecule has 0 unspecified atom stereocenters. The summed E-state index contributed by atoms with van der Waals surface area (Å²) in [5, 5.41) is 14.2. The average Bonchev–Trinajstić information content (AvgIpc) is 3.08. The molecule has 0 bridgehead atoms. The molecule has 0 atom stereocenters. The van der Waals surface area contributed by atoms with Crippen LogP contribution in [0.15, 0.2) is 18.2 Å². The minimum Gasteiger partial charge on any atom is -0.307 e. The van der Waals surface area contributed by atoms with Crippen molar-refractivity contribution in [2.75, 3.05) is 0 Å². The van der Waals surface area contributed by atoms with Crippen LogP contribution in [0.2, 0.25) is 0 Å². The first-order valence-electron chi connectivity index (χ1n) is 5.70. The van der Waals surface area contributed by atoms with Crippen LogP contribution >= 0.6 is 0 Å². The summed E-state index contributed by atoms with van der Waals surface area (Å²) in [4.78, 5) is 0. The lowest BCUT2D eigenvalue weighted by molar-refractivity contribution is 0.573. The van der Waals surface area contributed by atoms with Gasteiger partial charge in [-0.15, -0.1) is 5.10 Å². The number of benzene rings is 1. The smallest absolute Gasteiger partial charge is 0.170 e. The molecule has 94 valence electrons. The number of aromatic nitrogens is 4. The van der Waals surface area contributed by atoms with Crippen LogP contribution < -0.4 is 5.32 Å². The normalized spacial score (nSPS) is 15.0. The third-order valence-electron chi connectivity index (χ3n) is 2.80. The van der Waals surface area contributed by atoms with E-state index in [1.54, 1.807) is 0 Å². The minimum atomic E-state index is -0.559. The van der Waals surface area contributed by atoms with E-state index in [4.69, 9.17) is 0 Å². The Hall–Kier alpha value is -1.89. The first-order chi connectivity index (χ1) is 8.74. The number of nitrogens with one attached hydrogen (secondary N) is 1. The molecule has 0 aliphatic heterocycles. The largest absolute Gasteiger partial charge is 0.307 e. The van der Waals surface area contributed by atoms with Gasteiger partial charge in [-0.3, -0.25) is 0 Å². The van der Waals surface area contributed by atoms with E-state index in [0.717, 1.165) is 31.0 Å². The van der Waals surface area contributed by atoms with Gasteiger partial charge in [0.1, 0.15) is 17.3 Å². The number of nitrogens with zero attached hydrogens (tertiary/aromatic N) is 4. The molecular weight excluding hydrogens is 240 g/mol. The average molecular weight is 251 g/mol. The molecule has 2 aromatic rings. The van der Waals surface area contributed by atoms with Gasteiger partial charge in [-0.05, 0) is 35.4 Å². The Labute approximate surface area is 102 Å². The van der Waals surface area contributed by atoms with Crippen molar-refractivity contribution in [1.29, 1.82) is 0 Å². The molecule has 0 spiro atoms. The van der Waals surface area contributed by atoms with Crippen molar-refractivity contribution in [3.05, 3.63) is 35.7 Å². The van der Waals surface area contributed by atoms with E-state index >= 15 is 0 Å². The second-order valence-corrected chi connectivity index (χ2v) is 4.26. The van der Waals surface area contributed by atoms with Crippen molar-refractivity contribution >= 4 is 0 Å². The first-order valence-corrected chi connectivity index (χ1v) is 5.70. The third kappa shape index (κ3) is 2.21. The summed E-state index contributed by atoms with van der Waals surface area (Å²) in [6.07, 6.45) is 2.27. The second kappa shape index (κ2) is 4.41. The Balaban J connectivity index is 1.90. The van der Waals surface area contributed by atoms with Crippen LogP contribution in [0.5, 0.6) is 0 Å². The van der Waals surface area contributed by atoms with Crippen LogP contribution in [-0.2, 0) is 6.54 Å². The van der Waals surface area contributed by atoms with E-state index < -0.39 is 11.6 Å². The number of hydrogen-bond acceptors (Lipinski definition) is 4. The Morgan fingerprint density at radius 2 is 2.17 bits per heavy atom. The van der Waals surface area contributed by atoms with Gasteiger partial charge in [0.25, 0.3) is 0 Å². The molecule has 18 heavy (non-hydrogen) atoms. The van der Waals surface area contributed by atoms with Gasteiger partial charge in [-0.1, -0.05) is 0 Å². The predicted molar refractivity (Wildman–Crippen MR) is 58.9 cm³/mol. The zero-order valence-electron chi connectivity index (χ0n) is 9.48. The fraction of sp³-hybridized carbons (Fsp3) is 0.364. The fourth-order valence-corrected chi connectivity index (χ4v) is 1.67. The van der Waals surface area contributed by atoms with Crippen LogP contribution in [0.1, 0.15) is 18.7 Å². The molecule has 1 heterocycles. The zero-order chi connectivity index (χ0) is 12.5. The molecule has 0 amide bonds. The predicted octanol–water partition coefficient (Wildman–Crippen LogP) is 1.19.